The van der Waals surface area contributed by atoms with Crippen LogP contribution in [0.5, 0.6) is 0 Å². The van der Waals surface area contributed by atoms with E-state index in [0.29, 0.717) is 5.02 Å². The molecule has 0 fully saturated rings. The van der Waals surface area contributed by atoms with E-state index in [4.69, 9.17) is 23.2 Å². The van der Waals surface area contributed by atoms with Crippen LogP contribution in [0.25, 0.3) is 0 Å². The zero-order valence-electron chi connectivity index (χ0n) is 12.0. The van der Waals surface area contributed by atoms with Crippen molar-refractivity contribution in [2.75, 3.05) is 0 Å². The maximum absolute atomic E-state index is 6.36. The Bertz CT molecular complexity index is 697. The van der Waals surface area contributed by atoms with E-state index < -0.39 is 0 Å². The van der Waals surface area contributed by atoms with Crippen LogP contribution in [-0.2, 0) is 6.42 Å². The molecule has 0 nitrogen and oxygen atoms in total. The third-order valence-electron chi connectivity index (χ3n) is 3.84. The third-order valence-corrected chi connectivity index (χ3v) is 4.43. The van der Waals surface area contributed by atoms with E-state index in [9.17, 15) is 0 Å². The average Bonchev–Trinajstić information content (AvgIpc) is 2.56. The molecule has 0 aliphatic heterocycles. The van der Waals surface area contributed by atoms with Gasteiger partial charge in [0.05, 0.1) is 0 Å². The summed E-state index contributed by atoms with van der Waals surface area (Å²) < 4.78 is 0. The molecule has 0 N–H and O–H groups in total. The number of rotatable bonds is 4. The molecule has 0 amide bonds. The zero-order valence-corrected chi connectivity index (χ0v) is 13.6. The maximum Gasteiger partial charge on any atom is 0.0453 e. The molecule has 0 aliphatic rings. The van der Waals surface area contributed by atoms with Gasteiger partial charge in [0.2, 0.25) is 0 Å². The second-order valence-electron chi connectivity index (χ2n) is 5.31. The first-order valence-corrected chi connectivity index (χ1v) is 8.03. The van der Waals surface area contributed by atoms with Gasteiger partial charge in [0.1, 0.15) is 0 Å². The highest BCUT2D eigenvalue weighted by atomic mass is 35.5. The first-order chi connectivity index (χ1) is 10.7. The van der Waals surface area contributed by atoms with E-state index in [2.05, 4.69) is 48.5 Å². The van der Waals surface area contributed by atoms with E-state index in [1.165, 1.54) is 11.1 Å². The Hall–Kier alpha value is -1.76. The minimum atomic E-state index is 0.279. The molecule has 0 aromatic heterocycles. The molecule has 0 aliphatic carbocycles. The van der Waals surface area contributed by atoms with E-state index in [0.717, 1.165) is 17.0 Å². The minimum absolute atomic E-state index is 0.279. The van der Waals surface area contributed by atoms with Crippen molar-refractivity contribution < 1.29 is 0 Å². The molecule has 110 valence electrons. The van der Waals surface area contributed by atoms with Crippen LogP contribution in [0.15, 0.2) is 78.9 Å². The van der Waals surface area contributed by atoms with Crippen molar-refractivity contribution in [1.29, 1.82) is 0 Å². The molecule has 0 atom stereocenters. The van der Waals surface area contributed by atoms with Gasteiger partial charge in [-0.2, -0.15) is 0 Å². The van der Waals surface area contributed by atoms with Gasteiger partial charge in [-0.25, -0.2) is 0 Å². The van der Waals surface area contributed by atoms with E-state index in [1.54, 1.807) is 0 Å². The van der Waals surface area contributed by atoms with Crippen molar-refractivity contribution in [1.82, 2.24) is 0 Å². The lowest BCUT2D eigenvalue weighted by Gasteiger charge is -2.19. The van der Waals surface area contributed by atoms with Crippen molar-refractivity contribution >= 4 is 23.2 Å². The lowest BCUT2D eigenvalue weighted by Crippen LogP contribution is -2.05. The Kier molecular flexibility index (Phi) is 4.82. The summed E-state index contributed by atoms with van der Waals surface area (Å²) in [5.41, 5.74) is 3.70. The van der Waals surface area contributed by atoms with Gasteiger partial charge in [0, 0.05) is 16.0 Å². The lowest BCUT2D eigenvalue weighted by atomic mass is 9.86. The second kappa shape index (κ2) is 7.00. The Morgan fingerprint density at radius 3 is 1.73 bits per heavy atom. The smallest absolute Gasteiger partial charge is 0.0453 e. The fourth-order valence-electron chi connectivity index (χ4n) is 2.71. The van der Waals surface area contributed by atoms with E-state index in [1.807, 2.05) is 30.3 Å². The van der Waals surface area contributed by atoms with Crippen molar-refractivity contribution in [3.05, 3.63) is 106 Å². The van der Waals surface area contributed by atoms with Crippen LogP contribution in [0.4, 0.5) is 0 Å². The summed E-state index contributed by atoms with van der Waals surface area (Å²) in [4.78, 5) is 0. The predicted octanol–water partition coefficient (Wildman–Crippen LogP) is 6.37. The molecule has 3 rings (SSSR count). The normalized spacial score (nSPS) is 10.9. The standard InChI is InChI=1S/C20H16Cl2/c21-18-12-11-17(20(22)14-18)13-19(15-7-3-1-4-8-15)16-9-5-2-6-10-16/h1-12,14,19H,13H2. The molecule has 0 spiro atoms. The molecular weight excluding hydrogens is 311 g/mol. The number of halogens is 2. The van der Waals surface area contributed by atoms with Gasteiger partial charge >= 0.3 is 0 Å². The van der Waals surface area contributed by atoms with Crippen LogP contribution in [0.2, 0.25) is 10.0 Å². The Balaban J connectivity index is 1.99. The number of benzene rings is 3. The van der Waals surface area contributed by atoms with Crippen molar-refractivity contribution in [2.24, 2.45) is 0 Å². The largest absolute Gasteiger partial charge is 0.0843 e. The zero-order chi connectivity index (χ0) is 15.4. The number of hydrogen-bond donors (Lipinski definition) is 0. The van der Waals surface area contributed by atoms with Gasteiger partial charge in [0.25, 0.3) is 0 Å². The molecular formula is C20H16Cl2. The first kappa shape index (κ1) is 15.1. The molecule has 0 saturated carbocycles. The number of hydrogen-bond acceptors (Lipinski definition) is 0. The summed E-state index contributed by atoms with van der Waals surface area (Å²) in [6.07, 6.45) is 0.851. The van der Waals surface area contributed by atoms with Crippen molar-refractivity contribution in [3.8, 4) is 0 Å². The van der Waals surface area contributed by atoms with Crippen molar-refractivity contribution in [2.45, 2.75) is 12.3 Å². The monoisotopic (exact) mass is 326 g/mol. The Morgan fingerprint density at radius 2 is 1.23 bits per heavy atom. The SMILES string of the molecule is Clc1ccc(CC(c2ccccc2)c2ccccc2)c(Cl)c1. The van der Waals surface area contributed by atoms with Crippen LogP contribution in [0.3, 0.4) is 0 Å². The summed E-state index contributed by atoms with van der Waals surface area (Å²) in [5.74, 6) is 0.279. The Labute approximate surface area is 141 Å². The van der Waals surface area contributed by atoms with Crippen LogP contribution >= 0.6 is 23.2 Å². The van der Waals surface area contributed by atoms with Crippen molar-refractivity contribution in [3.63, 3.8) is 0 Å². The predicted molar refractivity (Wildman–Crippen MR) is 94.9 cm³/mol. The molecule has 3 aromatic rings. The molecule has 22 heavy (non-hydrogen) atoms. The molecule has 0 heterocycles. The minimum Gasteiger partial charge on any atom is -0.0843 e. The summed E-state index contributed by atoms with van der Waals surface area (Å²) in [5, 5.41) is 1.40. The van der Waals surface area contributed by atoms with Gasteiger partial charge in [0.15, 0.2) is 0 Å². The first-order valence-electron chi connectivity index (χ1n) is 7.28. The summed E-state index contributed by atoms with van der Waals surface area (Å²) in [7, 11) is 0. The Morgan fingerprint density at radius 1 is 0.682 bits per heavy atom. The quantitative estimate of drug-likeness (QED) is 0.522. The molecule has 2 heteroatoms. The highest BCUT2D eigenvalue weighted by molar-refractivity contribution is 6.35. The summed E-state index contributed by atoms with van der Waals surface area (Å²) in [6, 6.07) is 26.8. The molecule has 0 saturated heterocycles. The van der Waals surface area contributed by atoms with Gasteiger partial charge in [-0.3, -0.25) is 0 Å². The van der Waals surface area contributed by atoms with Gasteiger partial charge in [-0.15, -0.1) is 0 Å². The van der Waals surface area contributed by atoms with Gasteiger partial charge in [-0.1, -0.05) is 89.9 Å². The molecule has 0 unspecified atom stereocenters. The lowest BCUT2D eigenvalue weighted by molar-refractivity contribution is 0.805. The fourth-order valence-corrected chi connectivity index (χ4v) is 3.19. The van der Waals surface area contributed by atoms with Gasteiger partial charge < -0.3 is 0 Å². The molecule has 3 aromatic carbocycles. The second-order valence-corrected chi connectivity index (χ2v) is 6.16. The molecule has 0 bridgehead atoms. The highest BCUT2D eigenvalue weighted by Gasteiger charge is 2.16. The van der Waals surface area contributed by atoms with Gasteiger partial charge in [-0.05, 0) is 35.2 Å². The van der Waals surface area contributed by atoms with Crippen LogP contribution < -0.4 is 0 Å². The summed E-state index contributed by atoms with van der Waals surface area (Å²) in [6.45, 7) is 0. The summed E-state index contributed by atoms with van der Waals surface area (Å²) >= 11 is 12.4. The topological polar surface area (TPSA) is 0 Å². The maximum atomic E-state index is 6.36. The van der Waals surface area contributed by atoms with E-state index >= 15 is 0 Å². The van der Waals surface area contributed by atoms with Crippen LogP contribution in [0, 0.1) is 0 Å². The van der Waals surface area contributed by atoms with E-state index in [-0.39, 0.29) is 5.92 Å². The third kappa shape index (κ3) is 3.52. The average molecular weight is 327 g/mol. The fraction of sp³-hybridized carbons (Fsp3) is 0.100. The van der Waals surface area contributed by atoms with Crippen LogP contribution in [0.1, 0.15) is 22.6 Å². The highest BCUT2D eigenvalue weighted by Crippen LogP contribution is 2.31. The molecule has 0 radical (unpaired) electrons. The van der Waals surface area contributed by atoms with Crippen LogP contribution in [-0.4, -0.2) is 0 Å².